The molecule has 1 N–H and O–H groups in total. The van der Waals surface area contributed by atoms with E-state index in [1.165, 1.54) is 5.56 Å². The van der Waals surface area contributed by atoms with E-state index in [0.29, 0.717) is 42.5 Å². The fourth-order valence-electron chi connectivity index (χ4n) is 3.50. The molecule has 1 heterocycles. The van der Waals surface area contributed by atoms with Gasteiger partial charge in [0.15, 0.2) is 13.2 Å². The van der Waals surface area contributed by atoms with Crippen LogP contribution in [0.4, 0.5) is 0 Å². The van der Waals surface area contributed by atoms with Crippen LogP contribution in [0.2, 0.25) is 5.02 Å². The second-order valence-electron chi connectivity index (χ2n) is 7.65. The predicted molar refractivity (Wildman–Crippen MR) is 121 cm³/mol. The van der Waals surface area contributed by atoms with Crippen LogP contribution >= 0.6 is 11.6 Å². The maximum Gasteiger partial charge on any atom is 0.260 e. The number of aryl methyl sites for hydroxylation is 1. The monoisotopic (exact) mass is 444 g/mol. The largest absolute Gasteiger partial charge is 0.484 e. The summed E-state index contributed by atoms with van der Waals surface area (Å²) in [6, 6.07) is 14.8. The first-order valence-corrected chi connectivity index (χ1v) is 11.1. The summed E-state index contributed by atoms with van der Waals surface area (Å²) in [5, 5.41) is 3.62. The Morgan fingerprint density at radius 1 is 0.968 bits per heavy atom. The average molecular weight is 445 g/mol. The summed E-state index contributed by atoms with van der Waals surface area (Å²) >= 11 is 5.84. The summed E-state index contributed by atoms with van der Waals surface area (Å²) in [4.78, 5) is 26.3. The van der Waals surface area contributed by atoms with Crippen LogP contribution in [-0.4, -0.2) is 49.1 Å². The molecule has 0 unspecified atom stereocenters. The zero-order valence-corrected chi connectivity index (χ0v) is 18.6. The summed E-state index contributed by atoms with van der Waals surface area (Å²) in [5.74, 6) is 1.10. The maximum absolute atomic E-state index is 12.4. The molecule has 0 bridgehead atoms. The number of piperidine rings is 1. The molecule has 0 radical (unpaired) electrons. The number of halogens is 1. The standard InChI is InChI=1S/C24H29ClN2O4/c1-2-3-18-4-8-21(9-5-18)30-16-23(28)26-20-12-14-27(15-13-20)24(29)17-31-22-10-6-19(25)7-11-22/h4-11,20H,2-3,12-17H2,1H3,(H,26,28). The molecule has 0 spiro atoms. The number of rotatable bonds is 9. The number of carbonyl (C=O) groups excluding carboxylic acids is 2. The van der Waals surface area contributed by atoms with Gasteiger partial charge in [0.1, 0.15) is 11.5 Å². The smallest absolute Gasteiger partial charge is 0.260 e. The van der Waals surface area contributed by atoms with Crippen molar-refractivity contribution in [3.63, 3.8) is 0 Å². The number of hydrogen-bond donors (Lipinski definition) is 1. The van der Waals surface area contributed by atoms with Gasteiger partial charge in [-0.2, -0.15) is 0 Å². The maximum atomic E-state index is 12.4. The third kappa shape index (κ3) is 7.47. The predicted octanol–water partition coefficient (Wildman–Crippen LogP) is 3.86. The highest BCUT2D eigenvalue weighted by Crippen LogP contribution is 2.17. The molecule has 3 rings (SSSR count). The van der Waals surface area contributed by atoms with Crippen molar-refractivity contribution in [1.82, 2.24) is 10.2 Å². The summed E-state index contributed by atoms with van der Waals surface area (Å²) in [7, 11) is 0. The van der Waals surface area contributed by atoms with Crippen LogP contribution in [0.25, 0.3) is 0 Å². The van der Waals surface area contributed by atoms with Gasteiger partial charge in [0, 0.05) is 24.2 Å². The van der Waals surface area contributed by atoms with E-state index in [0.717, 1.165) is 12.8 Å². The lowest BCUT2D eigenvalue weighted by Crippen LogP contribution is -2.48. The molecular formula is C24H29ClN2O4. The van der Waals surface area contributed by atoms with E-state index in [-0.39, 0.29) is 31.1 Å². The molecule has 1 aliphatic rings. The molecule has 0 aromatic heterocycles. The Kier molecular flexibility index (Phi) is 8.59. The molecule has 2 amide bonds. The van der Waals surface area contributed by atoms with E-state index >= 15 is 0 Å². The molecular weight excluding hydrogens is 416 g/mol. The lowest BCUT2D eigenvalue weighted by molar-refractivity contribution is -0.134. The highest BCUT2D eigenvalue weighted by Gasteiger charge is 2.24. The molecule has 1 aliphatic heterocycles. The van der Waals surface area contributed by atoms with E-state index in [9.17, 15) is 9.59 Å². The zero-order chi connectivity index (χ0) is 22.1. The molecule has 1 fully saturated rings. The Hall–Kier alpha value is -2.73. The first-order chi connectivity index (χ1) is 15.0. The van der Waals surface area contributed by atoms with Crippen molar-refractivity contribution in [3.05, 3.63) is 59.1 Å². The van der Waals surface area contributed by atoms with Gasteiger partial charge in [-0.05, 0) is 61.2 Å². The van der Waals surface area contributed by atoms with Gasteiger partial charge in [-0.15, -0.1) is 0 Å². The van der Waals surface area contributed by atoms with Crippen molar-refractivity contribution in [3.8, 4) is 11.5 Å². The van der Waals surface area contributed by atoms with E-state index in [1.54, 1.807) is 29.2 Å². The first-order valence-electron chi connectivity index (χ1n) is 10.7. The second-order valence-corrected chi connectivity index (χ2v) is 8.08. The second kappa shape index (κ2) is 11.6. The minimum atomic E-state index is -0.145. The van der Waals surface area contributed by atoms with Crippen LogP contribution in [-0.2, 0) is 16.0 Å². The number of amides is 2. The van der Waals surface area contributed by atoms with Gasteiger partial charge in [-0.3, -0.25) is 9.59 Å². The number of likely N-dealkylation sites (tertiary alicyclic amines) is 1. The summed E-state index contributed by atoms with van der Waals surface area (Å²) in [6.45, 7) is 3.30. The lowest BCUT2D eigenvalue weighted by Gasteiger charge is -2.32. The number of ether oxygens (including phenoxy) is 2. The fourth-order valence-corrected chi connectivity index (χ4v) is 3.63. The Morgan fingerprint density at radius 3 is 2.16 bits per heavy atom. The topological polar surface area (TPSA) is 67.9 Å². The molecule has 2 aromatic carbocycles. The van der Waals surface area contributed by atoms with Crippen LogP contribution in [0.1, 0.15) is 31.7 Å². The van der Waals surface area contributed by atoms with Crippen molar-refractivity contribution >= 4 is 23.4 Å². The Bertz CT molecular complexity index is 847. The minimum absolute atomic E-state index is 0.0104. The van der Waals surface area contributed by atoms with Gasteiger partial charge < -0.3 is 19.7 Å². The van der Waals surface area contributed by atoms with E-state index in [2.05, 4.69) is 12.2 Å². The van der Waals surface area contributed by atoms with Gasteiger partial charge in [-0.25, -0.2) is 0 Å². The third-order valence-corrected chi connectivity index (χ3v) is 5.47. The SMILES string of the molecule is CCCc1ccc(OCC(=O)NC2CCN(C(=O)COc3ccc(Cl)cc3)CC2)cc1. The number of nitrogens with zero attached hydrogens (tertiary/aromatic N) is 1. The molecule has 2 aromatic rings. The van der Waals surface area contributed by atoms with Gasteiger partial charge in [0.25, 0.3) is 11.8 Å². The molecule has 31 heavy (non-hydrogen) atoms. The van der Waals surface area contributed by atoms with Crippen molar-refractivity contribution in [2.24, 2.45) is 0 Å². The quantitative estimate of drug-likeness (QED) is 0.637. The van der Waals surface area contributed by atoms with Crippen LogP contribution in [0.5, 0.6) is 11.5 Å². The number of carbonyl (C=O) groups is 2. The van der Waals surface area contributed by atoms with Crippen molar-refractivity contribution in [2.75, 3.05) is 26.3 Å². The summed E-state index contributed by atoms with van der Waals surface area (Å²) in [6.07, 6.45) is 3.56. The van der Waals surface area contributed by atoms with Crippen LogP contribution < -0.4 is 14.8 Å². The van der Waals surface area contributed by atoms with Crippen LogP contribution in [0.15, 0.2) is 48.5 Å². The summed E-state index contributed by atoms with van der Waals surface area (Å²) < 4.78 is 11.1. The van der Waals surface area contributed by atoms with Crippen molar-refractivity contribution in [1.29, 1.82) is 0 Å². The number of hydrogen-bond acceptors (Lipinski definition) is 4. The third-order valence-electron chi connectivity index (χ3n) is 5.22. The van der Waals surface area contributed by atoms with Crippen molar-refractivity contribution < 1.29 is 19.1 Å². The minimum Gasteiger partial charge on any atom is -0.484 e. The van der Waals surface area contributed by atoms with Crippen LogP contribution in [0.3, 0.4) is 0 Å². The number of benzene rings is 2. The van der Waals surface area contributed by atoms with Crippen molar-refractivity contribution in [2.45, 2.75) is 38.6 Å². The van der Waals surface area contributed by atoms with E-state index in [1.807, 2.05) is 24.3 Å². The van der Waals surface area contributed by atoms with E-state index < -0.39 is 0 Å². The normalized spacial score (nSPS) is 14.2. The first kappa shape index (κ1) is 22.9. The summed E-state index contributed by atoms with van der Waals surface area (Å²) in [5.41, 5.74) is 1.26. The zero-order valence-electron chi connectivity index (χ0n) is 17.8. The molecule has 6 nitrogen and oxygen atoms in total. The van der Waals surface area contributed by atoms with E-state index in [4.69, 9.17) is 21.1 Å². The molecule has 1 saturated heterocycles. The van der Waals surface area contributed by atoms with Gasteiger partial charge in [0.2, 0.25) is 0 Å². The number of nitrogens with one attached hydrogen (secondary N) is 1. The average Bonchev–Trinajstić information content (AvgIpc) is 2.79. The van der Waals surface area contributed by atoms with Gasteiger partial charge in [-0.1, -0.05) is 37.1 Å². The molecule has 166 valence electrons. The Balaban J connectivity index is 1.33. The molecule has 0 aliphatic carbocycles. The molecule has 0 atom stereocenters. The lowest BCUT2D eigenvalue weighted by atomic mass is 10.1. The van der Waals surface area contributed by atoms with Gasteiger partial charge >= 0.3 is 0 Å². The van der Waals surface area contributed by atoms with Crippen LogP contribution in [0, 0.1) is 0 Å². The highest BCUT2D eigenvalue weighted by atomic mass is 35.5. The van der Waals surface area contributed by atoms with Gasteiger partial charge in [0.05, 0.1) is 0 Å². The molecule has 7 heteroatoms. The fraction of sp³-hybridized carbons (Fsp3) is 0.417. The highest BCUT2D eigenvalue weighted by molar-refractivity contribution is 6.30. The molecule has 0 saturated carbocycles. The Labute approximate surface area is 188 Å². The Morgan fingerprint density at radius 2 is 1.55 bits per heavy atom.